The summed E-state index contributed by atoms with van der Waals surface area (Å²) < 4.78 is 5.52. The standard InChI is InChI=1S/C12H20N2O2/c1-4-16-10-5-7-14(8-6-10)11(15)12(2,3)9-13/h10H,4-8H2,1-3H3. The van der Waals surface area contributed by atoms with Gasteiger partial charge in [-0.1, -0.05) is 0 Å². The van der Waals surface area contributed by atoms with E-state index in [-0.39, 0.29) is 12.0 Å². The van der Waals surface area contributed by atoms with Gasteiger partial charge in [-0.2, -0.15) is 5.26 Å². The Morgan fingerprint density at radius 3 is 2.50 bits per heavy atom. The molecule has 1 fully saturated rings. The Morgan fingerprint density at radius 2 is 2.06 bits per heavy atom. The fraction of sp³-hybridized carbons (Fsp3) is 0.833. The van der Waals surface area contributed by atoms with Crippen LogP contribution in [-0.2, 0) is 9.53 Å². The van der Waals surface area contributed by atoms with Crippen molar-refractivity contribution in [2.75, 3.05) is 19.7 Å². The third-order valence-electron chi connectivity index (χ3n) is 2.95. The minimum atomic E-state index is -0.904. The molecule has 1 aliphatic rings. The van der Waals surface area contributed by atoms with Crippen molar-refractivity contribution >= 4 is 5.91 Å². The van der Waals surface area contributed by atoms with E-state index in [0.29, 0.717) is 13.1 Å². The number of hydrogen-bond donors (Lipinski definition) is 0. The van der Waals surface area contributed by atoms with Gasteiger partial charge in [-0.05, 0) is 33.6 Å². The predicted molar refractivity (Wildman–Crippen MR) is 60.6 cm³/mol. The van der Waals surface area contributed by atoms with Crippen molar-refractivity contribution in [1.29, 1.82) is 5.26 Å². The van der Waals surface area contributed by atoms with E-state index in [4.69, 9.17) is 10.00 Å². The number of ether oxygens (including phenoxy) is 1. The second-order valence-corrected chi connectivity index (χ2v) is 4.68. The average molecular weight is 224 g/mol. The van der Waals surface area contributed by atoms with E-state index >= 15 is 0 Å². The van der Waals surface area contributed by atoms with Crippen LogP contribution in [-0.4, -0.2) is 36.6 Å². The summed E-state index contributed by atoms with van der Waals surface area (Å²) in [6, 6.07) is 2.05. The second kappa shape index (κ2) is 5.31. The minimum Gasteiger partial charge on any atom is -0.378 e. The van der Waals surface area contributed by atoms with Crippen LogP contribution in [0.4, 0.5) is 0 Å². The SMILES string of the molecule is CCOC1CCN(C(=O)C(C)(C)C#N)CC1. The van der Waals surface area contributed by atoms with Crippen molar-refractivity contribution in [3.05, 3.63) is 0 Å². The Balaban J connectivity index is 2.49. The molecule has 0 aromatic carbocycles. The van der Waals surface area contributed by atoms with Crippen molar-refractivity contribution in [2.45, 2.75) is 39.7 Å². The number of nitrogens with zero attached hydrogens (tertiary/aromatic N) is 2. The van der Waals surface area contributed by atoms with Crippen LogP contribution in [0.15, 0.2) is 0 Å². The maximum absolute atomic E-state index is 12.0. The Labute approximate surface area is 97.2 Å². The van der Waals surface area contributed by atoms with Gasteiger partial charge in [0.15, 0.2) is 0 Å². The fourth-order valence-corrected chi connectivity index (χ4v) is 1.90. The summed E-state index contributed by atoms with van der Waals surface area (Å²) in [7, 11) is 0. The molecule has 0 aromatic rings. The molecule has 1 heterocycles. The van der Waals surface area contributed by atoms with E-state index < -0.39 is 5.41 Å². The van der Waals surface area contributed by atoms with E-state index in [0.717, 1.165) is 19.4 Å². The number of amides is 1. The van der Waals surface area contributed by atoms with Gasteiger partial charge in [0.05, 0.1) is 12.2 Å². The highest BCUT2D eigenvalue weighted by molar-refractivity contribution is 5.84. The van der Waals surface area contributed by atoms with Crippen LogP contribution in [0.5, 0.6) is 0 Å². The van der Waals surface area contributed by atoms with Crippen molar-refractivity contribution in [1.82, 2.24) is 4.90 Å². The Bertz CT molecular complexity index is 286. The monoisotopic (exact) mass is 224 g/mol. The zero-order chi connectivity index (χ0) is 12.2. The summed E-state index contributed by atoms with van der Waals surface area (Å²) in [4.78, 5) is 13.8. The largest absolute Gasteiger partial charge is 0.378 e. The molecule has 4 nitrogen and oxygen atoms in total. The van der Waals surface area contributed by atoms with Gasteiger partial charge in [0.2, 0.25) is 5.91 Å². The summed E-state index contributed by atoms with van der Waals surface area (Å²) >= 11 is 0. The summed E-state index contributed by atoms with van der Waals surface area (Å²) in [5, 5.41) is 8.91. The molecule has 0 bridgehead atoms. The van der Waals surface area contributed by atoms with Crippen LogP contribution in [0.3, 0.4) is 0 Å². The molecule has 16 heavy (non-hydrogen) atoms. The lowest BCUT2D eigenvalue weighted by molar-refractivity contribution is -0.140. The van der Waals surface area contributed by atoms with Gasteiger partial charge in [0, 0.05) is 19.7 Å². The average Bonchev–Trinajstić information content (AvgIpc) is 2.29. The summed E-state index contributed by atoms with van der Waals surface area (Å²) in [6.07, 6.45) is 2.03. The number of rotatable bonds is 3. The molecule has 0 aliphatic carbocycles. The second-order valence-electron chi connectivity index (χ2n) is 4.68. The van der Waals surface area contributed by atoms with Gasteiger partial charge in [-0.25, -0.2) is 0 Å². The number of nitriles is 1. The van der Waals surface area contributed by atoms with Crippen molar-refractivity contribution in [3.63, 3.8) is 0 Å². The van der Waals surface area contributed by atoms with Gasteiger partial charge >= 0.3 is 0 Å². The summed E-state index contributed by atoms with van der Waals surface area (Å²) in [6.45, 7) is 7.45. The molecule has 1 rings (SSSR count). The fourth-order valence-electron chi connectivity index (χ4n) is 1.90. The van der Waals surface area contributed by atoms with Crippen LogP contribution >= 0.6 is 0 Å². The molecule has 1 saturated heterocycles. The lowest BCUT2D eigenvalue weighted by atomic mass is 9.92. The molecule has 0 radical (unpaired) electrons. The molecule has 90 valence electrons. The van der Waals surface area contributed by atoms with Crippen LogP contribution < -0.4 is 0 Å². The molecular weight excluding hydrogens is 204 g/mol. The first-order chi connectivity index (χ1) is 7.51. The minimum absolute atomic E-state index is 0.0649. The van der Waals surface area contributed by atoms with Gasteiger partial charge in [0.25, 0.3) is 0 Å². The topological polar surface area (TPSA) is 53.3 Å². The van der Waals surface area contributed by atoms with Crippen LogP contribution in [0, 0.1) is 16.7 Å². The Kier molecular flexibility index (Phi) is 4.31. The Morgan fingerprint density at radius 1 is 1.50 bits per heavy atom. The molecule has 0 spiro atoms. The number of hydrogen-bond acceptors (Lipinski definition) is 3. The van der Waals surface area contributed by atoms with Crippen molar-refractivity contribution in [2.24, 2.45) is 5.41 Å². The lowest BCUT2D eigenvalue weighted by Crippen LogP contribution is -2.46. The molecule has 0 aromatic heterocycles. The molecule has 1 aliphatic heterocycles. The van der Waals surface area contributed by atoms with Crippen molar-refractivity contribution < 1.29 is 9.53 Å². The molecule has 1 amide bonds. The summed E-state index contributed by atoms with van der Waals surface area (Å²) in [5.41, 5.74) is -0.904. The highest BCUT2D eigenvalue weighted by Crippen LogP contribution is 2.21. The number of carbonyl (C=O) groups is 1. The first kappa shape index (κ1) is 13.0. The Hall–Kier alpha value is -1.08. The van der Waals surface area contributed by atoms with Crippen LogP contribution in [0.2, 0.25) is 0 Å². The van der Waals surface area contributed by atoms with E-state index in [1.807, 2.05) is 6.92 Å². The maximum atomic E-state index is 12.0. The zero-order valence-corrected chi connectivity index (χ0v) is 10.3. The molecule has 0 unspecified atom stereocenters. The van der Waals surface area contributed by atoms with E-state index in [1.54, 1.807) is 18.7 Å². The first-order valence-electron chi connectivity index (χ1n) is 5.83. The van der Waals surface area contributed by atoms with Gasteiger partial charge in [-0.3, -0.25) is 4.79 Å². The van der Waals surface area contributed by atoms with E-state index in [9.17, 15) is 4.79 Å². The molecule has 0 N–H and O–H groups in total. The highest BCUT2D eigenvalue weighted by atomic mass is 16.5. The first-order valence-corrected chi connectivity index (χ1v) is 5.83. The van der Waals surface area contributed by atoms with Gasteiger partial charge < -0.3 is 9.64 Å². The quantitative estimate of drug-likeness (QED) is 0.731. The van der Waals surface area contributed by atoms with Crippen molar-refractivity contribution in [3.8, 4) is 6.07 Å². The third-order valence-corrected chi connectivity index (χ3v) is 2.95. The number of carbonyl (C=O) groups excluding carboxylic acids is 1. The van der Waals surface area contributed by atoms with Crippen LogP contribution in [0.25, 0.3) is 0 Å². The smallest absolute Gasteiger partial charge is 0.242 e. The highest BCUT2D eigenvalue weighted by Gasteiger charge is 2.34. The number of likely N-dealkylation sites (tertiary alicyclic amines) is 1. The number of piperidine rings is 1. The third kappa shape index (κ3) is 2.96. The maximum Gasteiger partial charge on any atom is 0.242 e. The van der Waals surface area contributed by atoms with E-state index in [1.165, 1.54) is 0 Å². The van der Waals surface area contributed by atoms with Gasteiger partial charge in [0.1, 0.15) is 5.41 Å². The van der Waals surface area contributed by atoms with Gasteiger partial charge in [-0.15, -0.1) is 0 Å². The predicted octanol–water partition coefficient (Wildman–Crippen LogP) is 1.56. The lowest BCUT2D eigenvalue weighted by Gasteiger charge is -2.34. The normalized spacial score (nSPS) is 18.2. The summed E-state index contributed by atoms with van der Waals surface area (Å²) in [5.74, 6) is -0.0649. The molecule has 0 saturated carbocycles. The van der Waals surface area contributed by atoms with E-state index in [2.05, 4.69) is 6.07 Å². The molecule has 0 atom stereocenters. The molecule has 4 heteroatoms. The molecular formula is C12H20N2O2. The van der Waals surface area contributed by atoms with Crippen LogP contribution in [0.1, 0.15) is 33.6 Å². The zero-order valence-electron chi connectivity index (χ0n) is 10.3.